The summed E-state index contributed by atoms with van der Waals surface area (Å²) in [4.78, 5) is 17.4. The van der Waals surface area contributed by atoms with Crippen LogP contribution in [0.3, 0.4) is 0 Å². The van der Waals surface area contributed by atoms with Gasteiger partial charge < -0.3 is 9.47 Å². The van der Waals surface area contributed by atoms with E-state index in [0.717, 1.165) is 0 Å². The molecule has 0 aromatic carbocycles. The van der Waals surface area contributed by atoms with Crippen molar-refractivity contribution in [3.05, 3.63) is 23.7 Å². The normalized spacial score (nSPS) is 16.1. The molecule has 0 spiro atoms. The Hall–Kier alpha value is -1.78. The van der Waals surface area contributed by atoms with E-state index in [9.17, 15) is 4.79 Å². The van der Waals surface area contributed by atoms with Gasteiger partial charge in [0.1, 0.15) is 17.9 Å². The molecule has 100 valence electrons. The summed E-state index contributed by atoms with van der Waals surface area (Å²) in [6, 6.07) is 0. The zero-order valence-electron chi connectivity index (χ0n) is 11.4. The molecule has 5 heteroatoms. The van der Waals surface area contributed by atoms with Crippen LogP contribution in [0.4, 0.5) is 4.79 Å². The van der Waals surface area contributed by atoms with Crippen LogP contribution in [0.2, 0.25) is 0 Å². The van der Waals surface area contributed by atoms with Crippen molar-refractivity contribution in [3.8, 4) is 0 Å². The van der Waals surface area contributed by atoms with Gasteiger partial charge in [-0.25, -0.2) is 9.79 Å². The number of rotatable bonds is 2. The van der Waals surface area contributed by atoms with Gasteiger partial charge in [-0.2, -0.15) is 0 Å². The predicted octanol–water partition coefficient (Wildman–Crippen LogP) is 2.70. The number of carbonyl (C=O) groups excluding carboxylic acids is 1. The minimum Gasteiger partial charge on any atom is -0.474 e. The van der Waals surface area contributed by atoms with Gasteiger partial charge in [0.15, 0.2) is 0 Å². The lowest BCUT2D eigenvalue weighted by atomic mass is 10.2. The second-order valence-electron chi connectivity index (χ2n) is 5.07. The van der Waals surface area contributed by atoms with E-state index in [2.05, 4.69) is 18.3 Å². The Balaban J connectivity index is 3.03. The molecule has 0 atom stereocenters. The minimum absolute atomic E-state index is 0.319. The van der Waals surface area contributed by atoms with Crippen molar-refractivity contribution in [2.24, 2.45) is 4.99 Å². The van der Waals surface area contributed by atoms with Crippen molar-refractivity contribution in [3.63, 3.8) is 0 Å². The van der Waals surface area contributed by atoms with Gasteiger partial charge in [0.05, 0.1) is 6.54 Å². The molecule has 0 aromatic rings. The number of hydrogen-bond donors (Lipinski definition) is 0. The second-order valence-corrected chi connectivity index (χ2v) is 5.07. The Morgan fingerprint density at radius 1 is 1.50 bits per heavy atom. The number of hydrogen-bond acceptors (Lipinski definition) is 4. The summed E-state index contributed by atoms with van der Waals surface area (Å²) in [7, 11) is 0. The van der Waals surface area contributed by atoms with Crippen LogP contribution in [0.25, 0.3) is 0 Å². The van der Waals surface area contributed by atoms with Gasteiger partial charge in [-0.05, 0) is 40.0 Å². The van der Waals surface area contributed by atoms with Gasteiger partial charge in [0, 0.05) is 0 Å². The lowest BCUT2D eigenvalue weighted by Crippen LogP contribution is -2.41. The topological polar surface area (TPSA) is 51.1 Å². The molecule has 1 rings (SSSR count). The van der Waals surface area contributed by atoms with Gasteiger partial charge >= 0.3 is 6.09 Å². The highest BCUT2D eigenvalue weighted by Gasteiger charge is 2.30. The second kappa shape index (κ2) is 5.25. The van der Waals surface area contributed by atoms with E-state index in [-0.39, 0.29) is 0 Å². The minimum atomic E-state index is -0.544. The Morgan fingerprint density at radius 3 is 2.56 bits per heavy atom. The Labute approximate surface area is 108 Å². The molecule has 1 heterocycles. The first-order chi connectivity index (χ1) is 8.26. The van der Waals surface area contributed by atoms with Crippen LogP contribution in [-0.4, -0.2) is 36.5 Å². The maximum atomic E-state index is 12.1. The van der Waals surface area contributed by atoms with E-state index in [1.54, 1.807) is 6.92 Å². The molecule has 0 radical (unpaired) electrons. The van der Waals surface area contributed by atoms with Gasteiger partial charge in [-0.1, -0.05) is 6.58 Å². The van der Waals surface area contributed by atoms with Crippen molar-refractivity contribution >= 4 is 12.8 Å². The third kappa shape index (κ3) is 3.35. The fraction of sp³-hybridized carbons (Fsp3) is 0.538. The van der Waals surface area contributed by atoms with Gasteiger partial charge in [-0.15, -0.1) is 0 Å². The predicted molar refractivity (Wildman–Crippen MR) is 70.3 cm³/mol. The van der Waals surface area contributed by atoms with Crippen molar-refractivity contribution in [2.75, 3.05) is 13.2 Å². The highest BCUT2D eigenvalue weighted by atomic mass is 16.6. The van der Waals surface area contributed by atoms with Crippen LogP contribution in [0.5, 0.6) is 0 Å². The molecular weight excluding hydrogens is 232 g/mol. The summed E-state index contributed by atoms with van der Waals surface area (Å²) in [6.45, 7) is 15.3. The zero-order valence-corrected chi connectivity index (χ0v) is 11.4. The molecule has 0 fully saturated rings. The van der Waals surface area contributed by atoms with Crippen LogP contribution in [-0.2, 0) is 9.47 Å². The quantitative estimate of drug-likeness (QED) is 0.710. The van der Waals surface area contributed by atoms with Crippen molar-refractivity contribution in [2.45, 2.75) is 33.3 Å². The smallest absolute Gasteiger partial charge is 0.415 e. The molecule has 18 heavy (non-hydrogen) atoms. The molecule has 5 nitrogen and oxygen atoms in total. The van der Waals surface area contributed by atoms with E-state index < -0.39 is 11.7 Å². The number of carbonyl (C=O) groups is 1. The fourth-order valence-corrected chi connectivity index (χ4v) is 1.56. The van der Waals surface area contributed by atoms with Crippen molar-refractivity contribution in [1.82, 2.24) is 4.90 Å². The van der Waals surface area contributed by atoms with Crippen LogP contribution in [0.15, 0.2) is 28.7 Å². The third-order valence-electron chi connectivity index (χ3n) is 2.19. The highest BCUT2D eigenvalue weighted by molar-refractivity contribution is 5.72. The first-order valence-electron chi connectivity index (χ1n) is 5.76. The Morgan fingerprint density at radius 2 is 2.11 bits per heavy atom. The number of nitrogens with zero attached hydrogens (tertiary/aromatic N) is 2. The molecule has 0 unspecified atom stereocenters. The van der Waals surface area contributed by atoms with Gasteiger partial charge in [0.25, 0.3) is 0 Å². The monoisotopic (exact) mass is 252 g/mol. The first kappa shape index (κ1) is 14.3. The van der Waals surface area contributed by atoms with E-state index in [0.29, 0.717) is 30.3 Å². The van der Waals surface area contributed by atoms with Gasteiger partial charge in [-0.3, -0.25) is 4.90 Å². The summed E-state index contributed by atoms with van der Waals surface area (Å²) < 4.78 is 10.7. The molecule has 1 aliphatic heterocycles. The molecule has 0 N–H and O–H groups in total. The Kier molecular flexibility index (Phi) is 4.16. The lowest BCUT2D eigenvalue weighted by molar-refractivity contribution is 0.0213. The van der Waals surface area contributed by atoms with E-state index >= 15 is 0 Å². The highest BCUT2D eigenvalue weighted by Crippen LogP contribution is 2.25. The van der Waals surface area contributed by atoms with Crippen LogP contribution in [0.1, 0.15) is 27.7 Å². The summed E-state index contributed by atoms with van der Waals surface area (Å²) in [5.74, 6) is 0.319. The number of allylic oxidation sites excluding steroid dienone is 1. The van der Waals surface area contributed by atoms with E-state index in [1.165, 1.54) is 4.90 Å². The largest absolute Gasteiger partial charge is 0.474 e. The molecule has 0 aliphatic carbocycles. The SMILES string of the molecule is C=NC1=C(C(=C)C)N(C(=O)OC(C)(C)C)CCO1. The molecule has 0 saturated heterocycles. The maximum Gasteiger partial charge on any atom is 0.415 e. The number of ether oxygens (including phenoxy) is 2. The molecule has 1 aliphatic rings. The average molecular weight is 252 g/mol. The summed E-state index contributed by atoms with van der Waals surface area (Å²) in [5.41, 5.74) is 0.672. The van der Waals surface area contributed by atoms with E-state index in [4.69, 9.17) is 9.47 Å². The third-order valence-corrected chi connectivity index (χ3v) is 2.19. The van der Waals surface area contributed by atoms with Gasteiger partial charge in [0.2, 0.25) is 5.88 Å². The lowest BCUT2D eigenvalue weighted by Gasteiger charge is -2.32. The van der Waals surface area contributed by atoms with Crippen molar-refractivity contribution in [1.29, 1.82) is 0 Å². The summed E-state index contributed by atoms with van der Waals surface area (Å²) >= 11 is 0. The first-order valence-corrected chi connectivity index (χ1v) is 5.76. The number of aliphatic imine (C=N–C) groups is 1. The molecule has 0 saturated carbocycles. The summed E-state index contributed by atoms with van der Waals surface area (Å²) in [5, 5.41) is 0. The number of amides is 1. The molecule has 0 bridgehead atoms. The summed E-state index contributed by atoms with van der Waals surface area (Å²) in [6.07, 6.45) is -0.426. The maximum absolute atomic E-state index is 12.1. The fourth-order valence-electron chi connectivity index (χ4n) is 1.56. The Bertz CT molecular complexity index is 405. The molecular formula is C13H20N2O3. The van der Waals surface area contributed by atoms with Crippen LogP contribution < -0.4 is 0 Å². The van der Waals surface area contributed by atoms with Crippen molar-refractivity contribution < 1.29 is 14.3 Å². The van der Waals surface area contributed by atoms with E-state index in [1.807, 2.05) is 20.8 Å². The van der Waals surface area contributed by atoms with Crippen LogP contribution in [0, 0.1) is 0 Å². The van der Waals surface area contributed by atoms with Crippen LogP contribution >= 0.6 is 0 Å². The zero-order chi connectivity index (χ0) is 13.9. The average Bonchev–Trinajstić information content (AvgIpc) is 2.25. The standard InChI is InChI=1S/C13H20N2O3/c1-9(2)10-11(14-6)17-8-7-15(10)12(16)18-13(3,4)5/h1,6-8H2,2-5H3. The molecule has 0 aromatic heterocycles. The molecule has 1 amide bonds.